The predicted octanol–water partition coefficient (Wildman–Crippen LogP) is 6.94. The first kappa shape index (κ1) is 30.4. The molecule has 3 aromatic rings. The topological polar surface area (TPSA) is 104 Å². The predicted molar refractivity (Wildman–Crippen MR) is 143 cm³/mol. The van der Waals surface area contributed by atoms with Crippen LogP contribution >= 0.6 is 0 Å². The van der Waals surface area contributed by atoms with Gasteiger partial charge in [-0.2, -0.15) is 22.0 Å². The maximum Gasteiger partial charge on any atom is 0.461 e. The molecule has 0 saturated heterocycles. The van der Waals surface area contributed by atoms with E-state index in [0.29, 0.717) is 54.5 Å². The van der Waals surface area contributed by atoms with E-state index in [2.05, 4.69) is 15.0 Å². The minimum Gasteiger partial charge on any atom is -0.497 e. The smallest absolute Gasteiger partial charge is 0.461 e. The third-order valence-electron chi connectivity index (χ3n) is 7.76. The van der Waals surface area contributed by atoms with Crippen LogP contribution in [-0.4, -0.2) is 51.5 Å². The Labute approximate surface area is 244 Å². The van der Waals surface area contributed by atoms with E-state index < -0.39 is 23.9 Å². The molecule has 1 unspecified atom stereocenters. The molecule has 0 spiro atoms. The van der Waals surface area contributed by atoms with Gasteiger partial charge in [0.2, 0.25) is 11.7 Å². The fourth-order valence-corrected chi connectivity index (χ4v) is 5.30. The van der Waals surface area contributed by atoms with Gasteiger partial charge in [-0.1, -0.05) is 0 Å². The Balaban J connectivity index is 1.24. The monoisotopic (exact) mass is 607 g/mol. The lowest BCUT2D eigenvalue weighted by Crippen LogP contribution is -2.35. The molecule has 13 heteroatoms. The molecule has 2 fully saturated rings. The number of benzene rings is 1. The molecule has 1 atom stereocenters. The minimum absolute atomic E-state index is 0.0632. The van der Waals surface area contributed by atoms with Crippen molar-refractivity contribution < 1.29 is 46.1 Å². The van der Waals surface area contributed by atoms with Crippen LogP contribution in [0.2, 0.25) is 0 Å². The van der Waals surface area contributed by atoms with E-state index in [4.69, 9.17) is 14.2 Å². The number of pyridine rings is 1. The van der Waals surface area contributed by atoms with Gasteiger partial charge in [-0.15, -0.1) is 0 Å². The van der Waals surface area contributed by atoms with Crippen LogP contribution in [0.25, 0.3) is 11.1 Å². The molecule has 1 aromatic carbocycles. The number of nitrogens with zero attached hydrogens (tertiary/aromatic N) is 3. The molecule has 2 aromatic heterocycles. The first-order valence-corrected chi connectivity index (χ1v) is 13.9. The van der Waals surface area contributed by atoms with Crippen LogP contribution in [0.1, 0.15) is 62.3 Å². The first-order valence-electron chi connectivity index (χ1n) is 13.9. The van der Waals surface area contributed by atoms with E-state index >= 15 is 0 Å². The van der Waals surface area contributed by atoms with Crippen LogP contribution in [0.5, 0.6) is 17.4 Å². The highest BCUT2D eigenvalue weighted by molar-refractivity contribution is 5.70. The molecule has 230 valence electrons. The molecule has 8 nitrogen and oxygen atoms in total. The molecule has 43 heavy (non-hydrogen) atoms. The summed E-state index contributed by atoms with van der Waals surface area (Å²) in [6.45, 7) is 0. The molecular weight excluding hydrogens is 577 g/mol. The quantitative estimate of drug-likeness (QED) is 0.234. The number of halogens is 5. The van der Waals surface area contributed by atoms with Crippen molar-refractivity contribution in [2.45, 2.75) is 75.2 Å². The number of aromatic nitrogens is 3. The van der Waals surface area contributed by atoms with Gasteiger partial charge in [-0.3, -0.25) is 4.79 Å². The van der Waals surface area contributed by atoms with Crippen molar-refractivity contribution >= 4 is 5.97 Å². The summed E-state index contributed by atoms with van der Waals surface area (Å²) in [4.78, 5) is 22.3. The molecule has 5 rings (SSSR count). The average Bonchev–Trinajstić information content (AvgIpc) is 3.82. The molecule has 0 radical (unpaired) electrons. The second-order valence-electron chi connectivity index (χ2n) is 10.8. The summed E-state index contributed by atoms with van der Waals surface area (Å²) in [6.07, 6.45) is 1.95. The van der Waals surface area contributed by atoms with Gasteiger partial charge < -0.3 is 19.3 Å². The number of aliphatic carboxylic acids is 1. The highest BCUT2D eigenvalue weighted by Crippen LogP contribution is 2.45. The second-order valence-corrected chi connectivity index (χ2v) is 10.8. The summed E-state index contributed by atoms with van der Waals surface area (Å²) < 4.78 is 83.2. The third-order valence-corrected chi connectivity index (χ3v) is 7.76. The number of ether oxygens (including phenoxy) is 3. The molecule has 0 bridgehead atoms. The Hall–Kier alpha value is -4.03. The van der Waals surface area contributed by atoms with Gasteiger partial charge in [-0.05, 0) is 74.1 Å². The van der Waals surface area contributed by atoms with E-state index in [9.17, 15) is 31.9 Å². The maximum absolute atomic E-state index is 13.7. The van der Waals surface area contributed by atoms with E-state index in [1.807, 2.05) is 12.1 Å². The van der Waals surface area contributed by atoms with Crippen LogP contribution < -0.4 is 14.2 Å². The fourth-order valence-electron chi connectivity index (χ4n) is 5.30. The maximum atomic E-state index is 13.7. The van der Waals surface area contributed by atoms with E-state index in [0.717, 1.165) is 30.8 Å². The van der Waals surface area contributed by atoms with Crippen LogP contribution in [0, 0.1) is 5.92 Å². The second kappa shape index (κ2) is 12.3. The molecule has 0 amide bonds. The Kier molecular flexibility index (Phi) is 8.70. The minimum atomic E-state index is -5.82. The molecule has 2 aliphatic carbocycles. The summed E-state index contributed by atoms with van der Waals surface area (Å²) >= 11 is 0. The largest absolute Gasteiger partial charge is 0.497 e. The molecule has 1 N–H and O–H groups in total. The van der Waals surface area contributed by atoms with Gasteiger partial charge in [0, 0.05) is 41.9 Å². The van der Waals surface area contributed by atoms with Crippen molar-refractivity contribution in [3.63, 3.8) is 0 Å². The standard InChI is InChI=1S/C30H30F5N3O5/c1-41-22-8-9-23(19-15-37-28(38-16-19)29(31,32)30(33,34)35)25(13-22)42-20-4-6-21(7-5-20)43-26-12-18(10-11-36-26)24(14-27(39)40)17-2-3-17/h8-13,15-17,20-21,24H,2-7,14H2,1H3,(H,39,40). The van der Waals surface area contributed by atoms with Gasteiger partial charge in [0.15, 0.2) is 0 Å². The highest BCUT2D eigenvalue weighted by atomic mass is 19.4. The number of rotatable bonds is 11. The lowest BCUT2D eigenvalue weighted by molar-refractivity contribution is -0.292. The van der Waals surface area contributed by atoms with Crippen molar-refractivity contribution in [3.05, 3.63) is 60.3 Å². The number of hydrogen-bond donors (Lipinski definition) is 1. The van der Waals surface area contributed by atoms with Gasteiger partial charge in [0.05, 0.1) is 19.6 Å². The van der Waals surface area contributed by atoms with E-state index in [-0.39, 0.29) is 30.1 Å². The van der Waals surface area contributed by atoms with Crippen LogP contribution in [0.15, 0.2) is 48.9 Å². The number of methoxy groups -OCH3 is 1. The lowest BCUT2D eigenvalue weighted by atomic mass is 9.91. The third kappa shape index (κ3) is 7.14. The van der Waals surface area contributed by atoms with Crippen molar-refractivity contribution in [1.82, 2.24) is 15.0 Å². The zero-order chi connectivity index (χ0) is 30.8. The molecule has 2 saturated carbocycles. The van der Waals surface area contributed by atoms with Crippen molar-refractivity contribution in [3.8, 4) is 28.5 Å². The van der Waals surface area contributed by atoms with Crippen molar-refractivity contribution in [2.24, 2.45) is 5.92 Å². The Bertz CT molecular complexity index is 1420. The van der Waals surface area contributed by atoms with E-state index in [1.165, 1.54) is 7.11 Å². The number of carbonyl (C=O) groups is 1. The Morgan fingerprint density at radius 1 is 0.930 bits per heavy atom. The van der Waals surface area contributed by atoms with Crippen molar-refractivity contribution in [1.29, 1.82) is 0 Å². The van der Waals surface area contributed by atoms with Crippen LogP contribution in [0.4, 0.5) is 22.0 Å². The van der Waals surface area contributed by atoms with Gasteiger partial charge >= 0.3 is 18.1 Å². The summed E-state index contributed by atoms with van der Waals surface area (Å²) in [5, 5.41) is 9.32. The van der Waals surface area contributed by atoms with Gasteiger partial charge in [0.25, 0.3) is 0 Å². The van der Waals surface area contributed by atoms with E-state index in [1.54, 1.807) is 24.4 Å². The number of alkyl halides is 5. The summed E-state index contributed by atoms with van der Waals surface area (Å²) in [6, 6.07) is 8.49. The summed E-state index contributed by atoms with van der Waals surface area (Å²) in [5.41, 5.74) is 1.53. The normalized spacial score (nSPS) is 19.9. The number of carboxylic acids is 1. The number of carboxylic acid groups (broad SMARTS) is 1. The molecule has 2 heterocycles. The average molecular weight is 608 g/mol. The fraction of sp³-hybridized carbons (Fsp3) is 0.467. The molecule has 2 aliphatic rings. The zero-order valence-corrected chi connectivity index (χ0v) is 23.2. The molecular formula is C30H30F5N3O5. The van der Waals surface area contributed by atoms with Gasteiger partial charge in [-0.25, -0.2) is 15.0 Å². The highest BCUT2D eigenvalue weighted by Gasteiger charge is 2.61. The van der Waals surface area contributed by atoms with Crippen LogP contribution in [0.3, 0.4) is 0 Å². The van der Waals surface area contributed by atoms with Gasteiger partial charge in [0.1, 0.15) is 17.6 Å². The first-order chi connectivity index (χ1) is 20.4. The lowest BCUT2D eigenvalue weighted by Gasteiger charge is -2.30. The zero-order valence-electron chi connectivity index (χ0n) is 23.2. The summed E-state index contributed by atoms with van der Waals surface area (Å²) in [7, 11) is 1.47. The number of hydrogen-bond acceptors (Lipinski definition) is 7. The summed E-state index contributed by atoms with van der Waals surface area (Å²) in [5.74, 6) is -6.08. The SMILES string of the molecule is COc1ccc(-c2cnc(C(F)(F)C(F)(F)F)nc2)c(OC2CCC(Oc3cc(C(CC(=O)O)C4CC4)ccn3)CC2)c1. The van der Waals surface area contributed by atoms with Crippen molar-refractivity contribution in [2.75, 3.05) is 7.11 Å². The molecule has 0 aliphatic heterocycles. The Morgan fingerprint density at radius 2 is 1.58 bits per heavy atom. The van der Waals surface area contributed by atoms with Crippen LogP contribution in [-0.2, 0) is 10.7 Å². The Morgan fingerprint density at radius 3 is 2.16 bits per heavy atom.